The molecule has 1 saturated carbocycles. The maximum Gasteiger partial charge on any atom is 0.0748 e. The number of benzene rings is 1. The molecule has 4 heteroatoms. The summed E-state index contributed by atoms with van der Waals surface area (Å²) in [7, 11) is 0. The van der Waals surface area contributed by atoms with Crippen molar-refractivity contribution in [3.8, 4) is 0 Å². The van der Waals surface area contributed by atoms with E-state index in [2.05, 4.69) is 10.2 Å². The molecule has 1 heterocycles. The predicted octanol–water partition coefficient (Wildman–Crippen LogP) is 4.02. The van der Waals surface area contributed by atoms with E-state index < -0.39 is 0 Å². The first-order valence-electron chi connectivity index (χ1n) is 7.11. The molecule has 1 N–H and O–H groups in total. The van der Waals surface area contributed by atoms with Gasteiger partial charge < -0.3 is 10.2 Å². The van der Waals surface area contributed by atoms with Gasteiger partial charge in [-0.2, -0.15) is 0 Å². The highest BCUT2D eigenvalue weighted by molar-refractivity contribution is 6.39. The van der Waals surface area contributed by atoms with Gasteiger partial charge >= 0.3 is 0 Å². The number of hydrogen-bond acceptors (Lipinski definition) is 2. The second-order valence-electron chi connectivity index (χ2n) is 5.75. The van der Waals surface area contributed by atoms with Crippen LogP contribution >= 0.6 is 23.2 Å². The van der Waals surface area contributed by atoms with Crippen LogP contribution in [0.2, 0.25) is 10.0 Å². The topological polar surface area (TPSA) is 15.3 Å². The molecular formula is C15H20Cl2N2. The number of piperidine rings is 1. The van der Waals surface area contributed by atoms with Crippen molar-refractivity contribution in [3.05, 3.63) is 27.7 Å². The Labute approximate surface area is 125 Å². The number of rotatable bonds is 3. The first kappa shape index (κ1) is 13.5. The molecule has 0 aromatic heterocycles. The summed E-state index contributed by atoms with van der Waals surface area (Å²) in [5.74, 6) is 0. The van der Waals surface area contributed by atoms with Crippen molar-refractivity contribution in [3.63, 3.8) is 0 Å². The first-order chi connectivity index (χ1) is 9.15. The fourth-order valence-electron chi connectivity index (χ4n) is 2.83. The summed E-state index contributed by atoms with van der Waals surface area (Å²) < 4.78 is 0. The second kappa shape index (κ2) is 5.51. The van der Waals surface area contributed by atoms with Gasteiger partial charge in [0.2, 0.25) is 0 Å². The third-order valence-corrected chi connectivity index (χ3v) is 4.83. The van der Waals surface area contributed by atoms with Crippen molar-refractivity contribution in [2.45, 2.75) is 44.7 Å². The summed E-state index contributed by atoms with van der Waals surface area (Å²) in [6, 6.07) is 5.27. The van der Waals surface area contributed by atoms with Gasteiger partial charge in [-0.25, -0.2) is 0 Å². The van der Waals surface area contributed by atoms with E-state index in [-0.39, 0.29) is 0 Å². The summed E-state index contributed by atoms with van der Waals surface area (Å²) in [5.41, 5.74) is 2.11. The van der Waals surface area contributed by atoms with Crippen molar-refractivity contribution < 1.29 is 0 Å². The minimum Gasteiger partial charge on any atom is -0.368 e. The van der Waals surface area contributed by atoms with Gasteiger partial charge in [-0.05, 0) is 44.2 Å². The number of nitrogens with zero attached hydrogens (tertiary/aromatic N) is 1. The SMILES string of the molecule is Cc1ccc(Cl)c(N2CCCC(NC3CC3)C2)c1Cl. The quantitative estimate of drug-likeness (QED) is 0.906. The Kier molecular flexibility index (Phi) is 3.93. The highest BCUT2D eigenvalue weighted by atomic mass is 35.5. The van der Waals surface area contributed by atoms with E-state index in [0.29, 0.717) is 6.04 Å². The second-order valence-corrected chi connectivity index (χ2v) is 6.54. The normalized spacial score (nSPS) is 23.7. The average molecular weight is 299 g/mol. The minimum atomic E-state index is 0.578. The number of anilines is 1. The molecule has 3 rings (SSSR count). The molecule has 2 fully saturated rings. The third-order valence-electron chi connectivity index (χ3n) is 4.05. The van der Waals surface area contributed by atoms with Gasteiger partial charge in [0.25, 0.3) is 0 Å². The van der Waals surface area contributed by atoms with Crippen LogP contribution in [0.15, 0.2) is 12.1 Å². The van der Waals surface area contributed by atoms with E-state index in [1.54, 1.807) is 0 Å². The van der Waals surface area contributed by atoms with Crippen molar-refractivity contribution in [1.29, 1.82) is 0 Å². The fraction of sp³-hybridized carbons (Fsp3) is 0.600. The maximum absolute atomic E-state index is 6.45. The Morgan fingerprint density at radius 3 is 2.68 bits per heavy atom. The molecule has 1 atom stereocenters. The molecule has 1 aromatic rings. The standard InChI is InChI=1S/C15H20Cl2N2/c1-10-4-7-13(16)15(14(10)17)19-8-2-3-12(9-19)18-11-5-6-11/h4,7,11-12,18H,2-3,5-6,8-9H2,1H3. The molecule has 1 aliphatic heterocycles. The van der Waals surface area contributed by atoms with Crippen LogP contribution in [0.1, 0.15) is 31.2 Å². The highest BCUT2D eigenvalue weighted by Crippen LogP contribution is 2.37. The van der Waals surface area contributed by atoms with E-state index in [0.717, 1.165) is 40.4 Å². The lowest BCUT2D eigenvalue weighted by Gasteiger charge is -2.36. The molecule has 1 saturated heterocycles. The van der Waals surface area contributed by atoms with Gasteiger partial charge in [-0.3, -0.25) is 0 Å². The van der Waals surface area contributed by atoms with Gasteiger partial charge in [0.05, 0.1) is 15.7 Å². The summed E-state index contributed by atoms with van der Waals surface area (Å²) in [6.45, 7) is 4.09. The van der Waals surface area contributed by atoms with Gasteiger partial charge in [0.15, 0.2) is 0 Å². The smallest absolute Gasteiger partial charge is 0.0748 e. The van der Waals surface area contributed by atoms with Crippen molar-refractivity contribution in [2.24, 2.45) is 0 Å². The lowest BCUT2D eigenvalue weighted by atomic mass is 10.0. The fourth-order valence-corrected chi connectivity index (χ4v) is 3.44. The van der Waals surface area contributed by atoms with E-state index in [1.165, 1.54) is 25.7 Å². The zero-order valence-corrected chi connectivity index (χ0v) is 12.8. The maximum atomic E-state index is 6.45. The molecule has 0 spiro atoms. The van der Waals surface area contributed by atoms with Crippen LogP contribution in [-0.4, -0.2) is 25.2 Å². The van der Waals surface area contributed by atoms with Gasteiger partial charge in [-0.1, -0.05) is 29.3 Å². The molecule has 2 nitrogen and oxygen atoms in total. The molecule has 1 aliphatic carbocycles. The summed E-state index contributed by atoms with van der Waals surface area (Å²) in [6.07, 6.45) is 5.13. The molecule has 1 unspecified atom stereocenters. The zero-order valence-electron chi connectivity index (χ0n) is 11.3. The first-order valence-corrected chi connectivity index (χ1v) is 7.86. The summed E-state index contributed by atoms with van der Waals surface area (Å²) in [4.78, 5) is 2.35. The molecule has 104 valence electrons. The Bertz CT molecular complexity index is 471. The van der Waals surface area contributed by atoms with Crippen LogP contribution in [0, 0.1) is 6.92 Å². The van der Waals surface area contributed by atoms with Crippen LogP contribution in [-0.2, 0) is 0 Å². The van der Waals surface area contributed by atoms with Crippen LogP contribution in [0.5, 0.6) is 0 Å². The Hall–Kier alpha value is -0.440. The van der Waals surface area contributed by atoms with Gasteiger partial charge in [-0.15, -0.1) is 0 Å². The third kappa shape index (κ3) is 3.01. The predicted molar refractivity (Wildman–Crippen MR) is 82.6 cm³/mol. The largest absolute Gasteiger partial charge is 0.368 e. The van der Waals surface area contributed by atoms with Crippen LogP contribution in [0.4, 0.5) is 5.69 Å². The molecule has 0 amide bonds. The molecule has 1 aromatic carbocycles. The Balaban J connectivity index is 1.78. The van der Waals surface area contributed by atoms with Crippen molar-refractivity contribution in [1.82, 2.24) is 5.32 Å². The lowest BCUT2D eigenvalue weighted by Crippen LogP contribution is -2.46. The summed E-state index contributed by atoms with van der Waals surface area (Å²) >= 11 is 12.8. The number of aryl methyl sites for hydroxylation is 1. The average Bonchev–Trinajstić information content (AvgIpc) is 3.19. The van der Waals surface area contributed by atoms with Gasteiger partial charge in [0, 0.05) is 25.2 Å². The Morgan fingerprint density at radius 2 is 1.95 bits per heavy atom. The van der Waals surface area contributed by atoms with Crippen LogP contribution in [0.25, 0.3) is 0 Å². The van der Waals surface area contributed by atoms with E-state index in [1.807, 2.05) is 19.1 Å². The zero-order chi connectivity index (χ0) is 13.4. The van der Waals surface area contributed by atoms with Crippen LogP contribution in [0.3, 0.4) is 0 Å². The van der Waals surface area contributed by atoms with Crippen molar-refractivity contribution in [2.75, 3.05) is 18.0 Å². The van der Waals surface area contributed by atoms with E-state index in [9.17, 15) is 0 Å². The van der Waals surface area contributed by atoms with Gasteiger partial charge in [0.1, 0.15) is 0 Å². The molecular weight excluding hydrogens is 279 g/mol. The number of hydrogen-bond donors (Lipinski definition) is 1. The molecule has 0 radical (unpaired) electrons. The van der Waals surface area contributed by atoms with Crippen LogP contribution < -0.4 is 10.2 Å². The monoisotopic (exact) mass is 298 g/mol. The molecule has 2 aliphatic rings. The van der Waals surface area contributed by atoms with Crippen molar-refractivity contribution >= 4 is 28.9 Å². The number of nitrogens with one attached hydrogen (secondary N) is 1. The highest BCUT2D eigenvalue weighted by Gasteiger charge is 2.29. The summed E-state index contributed by atoms with van der Waals surface area (Å²) in [5, 5.41) is 5.29. The van der Waals surface area contributed by atoms with E-state index in [4.69, 9.17) is 23.2 Å². The lowest BCUT2D eigenvalue weighted by molar-refractivity contribution is 0.420. The minimum absolute atomic E-state index is 0.578. The molecule has 19 heavy (non-hydrogen) atoms. The van der Waals surface area contributed by atoms with E-state index >= 15 is 0 Å². The Morgan fingerprint density at radius 1 is 1.16 bits per heavy atom. The number of halogens is 2. The molecule has 0 bridgehead atoms.